The highest BCUT2D eigenvalue weighted by molar-refractivity contribution is 9.10. The Morgan fingerprint density at radius 2 is 2.06 bits per heavy atom. The van der Waals surface area contributed by atoms with E-state index in [1.54, 1.807) is 19.2 Å². The first-order valence-corrected chi connectivity index (χ1v) is 8.03. The first kappa shape index (κ1) is 15.5. The predicted octanol–water partition coefficient (Wildman–Crippen LogP) is 2.70. The first-order chi connectivity index (χ1) is 8.28. The van der Waals surface area contributed by atoms with Crippen LogP contribution in [0.25, 0.3) is 0 Å². The molecule has 0 heterocycles. The van der Waals surface area contributed by atoms with Gasteiger partial charge in [-0.05, 0) is 24.1 Å². The number of nitrogen functional groups attached to an aromatic ring is 1. The molecular weight excluding hydrogens is 316 g/mol. The Balaban J connectivity index is 3.09. The van der Waals surface area contributed by atoms with Crippen molar-refractivity contribution in [1.29, 1.82) is 0 Å². The van der Waals surface area contributed by atoms with Gasteiger partial charge in [0, 0.05) is 18.1 Å². The summed E-state index contributed by atoms with van der Waals surface area (Å²) in [5.74, 6) is 0.318. The Kier molecular flexibility index (Phi) is 5.19. The molecule has 0 amide bonds. The summed E-state index contributed by atoms with van der Waals surface area (Å²) in [5.41, 5.74) is 6.02. The molecule has 0 spiro atoms. The van der Waals surface area contributed by atoms with Gasteiger partial charge in [-0.15, -0.1) is 0 Å². The van der Waals surface area contributed by atoms with E-state index in [9.17, 15) is 8.42 Å². The van der Waals surface area contributed by atoms with Crippen molar-refractivity contribution >= 4 is 31.6 Å². The summed E-state index contributed by atoms with van der Waals surface area (Å²) in [6.45, 7) is 4.56. The van der Waals surface area contributed by atoms with Gasteiger partial charge in [0.15, 0.2) is 0 Å². The van der Waals surface area contributed by atoms with Crippen LogP contribution in [0.2, 0.25) is 0 Å². The second-order valence-corrected chi connectivity index (χ2v) is 7.41. The highest BCUT2D eigenvalue weighted by Gasteiger charge is 2.24. The second kappa shape index (κ2) is 6.04. The number of nitrogens with two attached hydrogens (primary N) is 1. The third-order valence-electron chi connectivity index (χ3n) is 2.93. The molecule has 0 radical (unpaired) electrons. The summed E-state index contributed by atoms with van der Waals surface area (Å²) < 4.78 is 26.8. The molecular formula is C12H19BrN2O2S. The van der Waals surface area contributed by atoms with Gasteiger partial charge in [0.05, 0.1) is 5.69 Å². The van der Waals surface area contributed by atoms with E-state index in [1.807, 2.05) is 13.8 Å². The van der Waals surface area contributed by atoms with Gasteiger partial charge in [-0.1, -0.05) is 36.2 Å². The largest absolute Gasteiger partial charge is 0.398 e. The van der Waals surface area contributed by atoms with E-state index >= 15 is 0 Å². The normalized spacial score (nSPS) is 13.8. The van der Waals surface area contributed by atoms with E-state index in [-0.39, 0.29) is 10.6 Å². The number of nitrogens with zero attached hydrogens (tertiary/aromatic N) is 1. The van der Waals surface area contributed by atoms with Gasteiger partial charge in [0.2, 0.25) is 10.0 Å². The number of sulfonamides is 1. The van der Waals surface area contributed by atoms with Crippen molar-refractivity contribution in [3.8, 4) is 0 Å². The molecule has 0 saturated heterocycles. The minimum Gasteiger partial charge on any atom is -0.398 e. The van der Waals surface area contributed by atoms with E-state index in [1.165, 1.54) is 10.4 Å². The van der Waals surface area contributed by atoms with Gasteiger partial charge >= 0.3 is 0 Å². The molecule has 1 unspecified atom stereocenters. The highest BCUT2D eigenvalue weighted by Crippen LogP contribution is 2.26. The van der Waals surface area contributed by atoms with Crippen molar-refractivity contribution in [3.63, 3.8) is 0 Å². The number of anilines is 1. The van der Waals surface area contributed by atoms with Gasteiger partial charge in [0.25, 0.3) is 0 Å². The lowest BCUT2D eigenvalue weighted by molar-refractivity contribution is 0.394. The maximum atomic E-state index is 12.4. The lowest BCUT2D eigenvalue weighted by Gasteiger charge is -2.21. The van der Waals surface area contributed by atoms with Crippen LogP contribution >= 0.6 is 15.9 Å². The fraction of sp³-hybridized carbons (Fsp3) is 0.500. The SMILES string of the molecule is CCC(C)CN(C)S(=O)(=O)c1cc(Br)ccc1N. The molecule has 2 N–H and O–H groups in total. The van der Waals surface area contributed by atoms with Crippen LogP contribution in [0.1, 0.15) is 20.3 Å². The van der Waals surface area contributed by atoms with Crippen LogP contribution in [-0.4, -0.2) is 26.3 Å². The van der Waals surface area contributed by atoms with E-state index in [2.05, 4.69) is 15.9 Å². The Labute approximate surface area is 117 Å². The third kappa shape index (κ3) is 3.46. The van der Waals surface area contributed by atoms with Crippen molar-refractivity contribution in [1.82, 2.24) is 4.31 Å². The Morgan fingerprint density at radius 1 is 1.44 bits per heavy atom. The van der Waals surface area contributed by atoms with Crippen molar-refractivity contribution in [2.45, 2.75) is 25.2 Å². The quantitative estimate of drug-likeness (QED) is 0.842. The monoisotopic (exact) mass is 334 g/mol. The van der Waals surface area contributed by atoms with Crippen LogP contribution in [0.5, 0.6) is 0 Å². The van der Waals surface area contributed by atoms with E-state index in [0.29, 0.717) is 16.9 Å². The average molecular weight is 335 g/mol. The van der Waals surface area contributed by atoms with Gasteiger partial charge in [-0.3, -0.25) is 0 Å². The molecule has 102 valence electrons. The fourth-order valence-corrected chi connectivity index (χ4v) is 3.51. The molecule has 0 saturated carbocycles. The molecule has 4 nitrogen and oxygen atoms in total. The molecule has 18 heavy (non-hydrogen) atoms. The van der Waals surface area contributed by atoms with Crippen LogP contribution in [0.4, 0.5) is 5.69 Å². The lowest BCUT2D eigenvalue weighted by Crippen LogP contribution is -2.31. The highest BCUT2D eigenvalue weighted by atomic mass is 79.9. The molecule has 0 aliphatic rings. The van der Waals surface area contributed by atoms with E-state index < -0.39 is 10.0 Å². The van der Waals surface area contributed by atoms with Crippen LogP contribution in [-0.2, 0) is 10.0 Å². The van der Waals surface area contributed by atoms with E-state index in [0.717, 1.165) is 6.42 Å². The zero-order valence-corrected chi connectivity index (χ0v) is 13.3. The maximum absolute atomic E-state index is 12.4. The standard InChI is InChI=1S/C12H19BrN2O2S/c1-4-9(2)8-15(3)18(16,17)12-7-10(13)5-6-11(12)14/h5-7,9H,4,8,14H2,1-3H3. The summed E-state index contributed by atoms with van der Waals surface area (Å²) in [5, 5.41) is 0. The van der Waals surface area contributed by atoms with Crippen molar-refractivity contribution in [2.24, 2.45) is 5.92 Å². The molecule has 1 aromatic rings. The molecule has 1 atom stereocenters. The number of benzene rings is 1. The third-order valence-corrected chi connectivity index (χ3v) is 5.30. The van der Waals surface area contributed by atoms with Crippen molar-refractivity contribution in [2.75, 3.05) is 19.3 Å². The van der Waals surface area contributed by atoms with Gasteiger partial charge in [-0.2, -0.15) is 0 Å². The second-order valence-electron chi connectivity index (χ2n) is 4.48. The number of hydrogen-bond acceptors (Lipinski definition) is 3. The maximum Gasteiger partial charge on any atom is 0.244 e. The molecule has 0 bridgehead atoms. The summed E-state index contributed by atoms with van der Waals surface area (Å²) >= 11 is 3.26. The van der Waals surface area contributed by atoms with Gasteiger partial charge < -0.3 is 5.73 Å². The number of halogens is 1. The average Bonchev–Trinajstić information content (AvgIpc) is 2.31. The Bertz CT molecular complexity index is 517. The van der Waals surface area contributed by atoms with Crippen LogP contribution in [0.15, 0.2) is 27.6 Å². The fourth-order valence-electron chi connectivity index (χ4n) is 1.57. The topological polar surface area (TPSA) is 63.4 Å². The predicted molar refractivity (Wildman–Crippen MR) is 77.8 cm³/mol. The zero-order chi connectivity index (χ0) is 13.9. The summed E-state index contributed by atoms with van der Waals surface area (Å²) in [7, 11) is -1.93. The Hall–Kier alpha value is -0.590. The zero-order valence-electron chi connectivity index (χ0n) is 10.9. The minimum atomic E-state index is -3.52. The lowest BCUT2D eigenvalue weighted by atomic mass is 10.1. The van der Waals surface area contributed by atoms with Gasteiger partial charge in [0.1, 0.15) is 4.90 Å². The van der Waals surface area contributed by atoms with Crippen LogP contribution < -0.4 is 5.73 Å². The minimum absolute atomic E-state index is 0.155. The molecule has 1 rings (SSSR count). The Morgan fingerprint density at radius 3 is 2.61 bits per heavy atom. The molecule has 1 aromatic carbocycles. The van der Waals surface area contributed by atoms with Gasteiger partial charge in [-0.25, -0.2) is 12.7 Å². The molecule has 0 aliphatic heterocycles. The van der Waals surface area contributed by atoms with Crippen molar-refractivity contribution < 1.29 is 8.42 Å². The molecule has 6 heteroatoms. The molecule has 0 aromatic heterocycles. The number of hydrogen-bond donors (Lipinski definition) is 1. The molecule has 0 fully saturated rings. The van der Waals surface area contributed by atoms with Crippen LogP contribution in [0.3, 0.4) is 0 Å². The van der Waals surface area contributed by atoms with Crippen molar-refractivity contribution in [3.05, 3.63) is 22.7 Å². The summed E-state index contributed by atoms with van der Waals surface area (Å²) in [6, 6.07) is 4.86. The summed E-state index contributed by atoms with van der Waals surface area (Å²) in [4.78, 5) is 0.155. The summed E-state index contributed by atoms with van der Waals surface area (Å²) in [6.07, 6.45) is 0.938. The number of rotatable bonds is 5. The van der Waals surface area contributed by atoms with E-state index in [4.69, 9.17) is 5.73 Å². The van der Waals surface area contributed by atoms with Crippen LogP contribution in [0, 0.1) is 5.92 Å². The molecule has 0 aliphatic carbocycles. The smallest absolute Gasteiger partial charge is 0.244 e. The first-order valence-electron chi connectivity index (χ1n) is 5.80.